The summed E-state index contributed by atoms with van der Waals surface area (Å²) in [6.45, 7) is 3.41. The average molecular weight is 374 g/mol. The molecule has 0 spiro atoms. The number of nitrogens with one attached hydrogen (secondary N) is 1. The Labute approximate surface area is 160 Å². The largest absolute Gasteiger partial charge is 0.346 e. The maximum Gasteiger partial charge on any atom is 0.225 e. The van der Waals surface area contributed by atoms with Gasteiger partial charge in [0, 0.05) is 31.0 Å². The molecule has 4 rings (SSSR count). The molecule has 27 heavy (non-hydrogen) atoms. The zero-order valence-electron chi connectivity index (χ0n) is 16.3. The molecule has 0 radical (unpaired) electrons. The Bertz CT molecular complexity index is 670. The molecule has 148 valence electrons. The van der Waals surface area contributed by atoms with Crippen LogP contribution in [0, 0.1) is 11.8 Å². The first kappa shape index (κ1) is 18.4. The van der Waals surface area contributed by atoms with Gasteiger partial charge < -0.3 is 14.8 Å². The second-order valence-electron chi connectivity index (χ2n) is 8.49. The molecule has 1 N–H and O–H groups in total. The number of piperidine rings is 1. The fourth-order valence-electron chi connectivity index (χ4n) is 4.70. The highest BCUT2D eigenvalue weighted by Crippen LogP contribution is 2.32. The first-order valence-corrected chi connectivity index (χ1v) is 10.6. The van der Waals surface area contributed by atoms with E-state index < -0.39 is 0 Å². The topological polar surface area (TPSA) is 80.1 Å². The van der Waals surface area contributed by atoms with E-state index in [-0.39, 0.29) is 23.8 Å². The van der Waals surface area contributed by atoms with Gasteiger partial charge in [0.1, 0.15) is 6.33 Å². The maximum absolute atomic E-state index is 12.7. The van der Waals surface area contributed by atoms with Crippen molar-refractivity contribution in [3.63, 3.8) is 0 Å². The van der Waals surface area contributed by atoms with Gasteiger partial charge in [0.15, 0.2) is 5.82 Å². The molecule has 3 fully saturated rings. The van der Waals surface area contributed by atoms with Gasteiger partial charge in [0.2, 0.25) is 11.8 Å². The number of amides is 2. The molecular formula is C20H31N5O2. The Kier molecular flexibility index (Phi) is 5.45. The molecule has 2 aliphatic carbocycles. The van der Waals surface area contributed by atoms with Crippen LogP contribution in [0.5, 0.6) is 0 Å². The van der Waals surface area contributed by atoms with Gasteiger partial charge in [-0.2, -0.15) is 0 Å². The van der Waals surface area contributed by atoms with Gasteiger partial charge in [-0.05, 0) is 45.4 Å². The molecule has 2 saturated carbocycles. The average Bonchev–Trinajstić information content (AvgIpc) is 3.31. The van der Waals surface area contributed by atoms with E-state index in [4.69, 9.17) is 0 Å². The molecule has 2 heterocycles. The molecule has 2 amide bonds. The van der Waals surface area contributed by atoms with Gasteiger partial charge in [0.05, 0.1) is 6.04 Å². The SMILES string of the molecule is C[C@H](NC(=O)C1CCN(C(=O)C2CCC2)CC1)c1nncn1C1CCCC1. The van der Waals surface area contributed by atoms with Crippen molar-refractivity contribution in [3.05, 3.63) is 12.2 Å². The van der Waals surface area contributed by atoms with Crippen molar-refractivity contribution in [2.75, 3.05) is 13.1 Å². The summed E-state index contributed by atoms with van der Waals surface area (Å²) >= 11 is 0. The Hall–Kier alpha value is -1.92. The zero-order valence-corrected chi connectivity index (χ0v) is 16.3. The van der Waals surface area contributed by atoms with E-state index in [2.05, 4.69) is 20.1 Å². The van der Waals surface area contributed by atoms with Crippen LogP contribution >= 0.6 is 0 Å². The minimum absolute atomic E-state index is 0.0132. The molecule has 3 aliphatic rings. The molecule has 1 aromatic rings. The van der Waals surface area contributed by atoms with Crippen LogP contribution in [0.15, 0.2) is 6.33 Å². The quantitative estimate of drug-likeness (QED) is 0.860. The smallest absolute Gasteiger partial charge is 0.225 e. The fraction of sp³-hybridized carbons (Fsp3) is 0.800. The lowest BCUT2D eigenvalue weighted by Crippen LogP contribution is -2.46. The van der Waals surface area contributed by atoms with E-state index in [0.29, 0.717) is 25.0 Å². The lowest BCUT2D eigenvalue weighted by Gasteiger charge is -2.36. The number of aromatic nitrogens is 3. The van der Waals surface area contributed by atoms with Gasteiger partial charge >= 0.3 is 0 Å². The Morgan fingerprint density at radius 2 is 1.74 bits per heavy atom. The molecule has 7 nitrogen and oxygen atoms in total. The van der Waals surface area contributed by atoms with Crippen LogP contribution in [0.25, 0.3) is 0 Å². The molecule has 7 heteroatoms. The van der Waals surface area contributed by atoms with Crippen LogP contribution in [-0.4, -0.2) is 44.6 Å². The van der Waals surface area contributed by atoms with Gasteiger partial charge in [-0.15, -0.1) is 10.2 Å². The first-order chi connectivity index (χ1) is 13.1. The van der Waals surface area contributed by atoms with E-state index in [1.807, 2.05) is 11.8 Å². The normalized spacial score (nSPS) is 23.2. The summed E-state index contributed by atoms with van der Waals surface area (Å²) in [5.41, 5.74) is 0. The highest BCUT2D eigenvalue weighted by molar-refractivity contribution is 5.81. The van der Waals surface area contributed by atoms with E-state index in [9.17, 15) is 9.59 Å². The van der Waals surface area contributed by atoms with Crippen molar-refractivity contribution in [1.29, 1.82) is 0 Å². The lowest BCUT2D eigenvalue weighted by molar-refractivity contribution is -0.141. The van der Waals surface area contributed by atoms with Crippen molar-refractivity contribution in [3.8, 4) is 0 Å². The number of likely N-dealkylation sites (tertiary alicyclic amines) is 1. The van der Waals surface area contributed by atoms with Crippen LogP contribution in [0.2, 0.25) is 0 Å². The molecule has 0 unspecified atom stereocenters. The third-order valence-corrected chi connectivity index (χ3v) is 6.70. The second kappa shape index (κ2) is 7.98. The van der Waals surface area contributed by atoms with E-state index in [1.165, 1.54) is 32.1 Å². The van der Waals surface area contributed by atoms with Gasteiger partial charge in [-0.3, -0.25) is 9.59 Å². The third kappa shape index (κ3) is 3.87. The summed E-state index contributed by atoms with van der Waals surface area (Å²) in [4.78, 5) is 27.1. The molecule has 1 saturated heterocycles. The Morgan fingerprint density at radius 1 is 1.04 bits per heavy atom. The van der Waals surface area contributed by atoms with Crippen LogP contribution in [0.3, 0.4) is 0 Å². The first-order valence-electron chi connectivity index (χ1n) is 10.6. The molecule has 0 bridgehead atoms. The minimum Gasteiger partial charge on any atom is -0.346 e. The van der Waals surface area contributed by atoms with Crippen LogP contribution in [0.1, 0.15) is 82.6 Å². The summed E-state index contributed by atoms with van der Waals surface area (Å²) in [5, 5.41) is 11.5. The number of hydrogen-bond donors (Lipinski definition) is 1. The van der Waals surface area contributed by atoms with Crippen molar-refractivity contribution < 1.29 is 9.59 Å². The standard InChI is InChI=1S/C20H31N5O2/c1-14(18-23-21-13-25(18)17-7-2-3-8-17)22-19(26)15-9-11-24(12-10-15)20(27)16-5-4-6-16/h13-17H,2-12H2,1H3,(H,22,26)/t14-/m0/s1. The predicted octanol–water partition coefficient (Wildman–Crippen LogP) is 2.61. The third-order valence-electron chi connectivity index (χ3n) is 6.70. The van der Waals surface area contributed by atoms with E-state index in [0.717, 1.165) is 31.5 Å². The molecule has 1 atom stereocenters. The van der Waals surface area contributed by atoms with Crippen LogP contribution < -0.4 is 5.32 Å². The molecule has 1 aliphatic heterocycles. The zero-order chi connectivity index (χ0) is 18.8. The van der Waals surface area contributed by atoms with Crippen LogP contribution in [0.4, 0.5) is 0 Å². The number of rotatable bonds is 5. The van der Waals surface area contributed by atoms with Crippen molar-refractivity contribution in [2.45, 2.75) is 76.8 Å². The van der Waals surface area contributed by atoms with Crippen LogP contribution in [-0.2, 0) is 9.59 Å². The predicted molar refractivity (Wildman–Crippen MR) is 101 cm³/mol. The Balaban J connectivity index is 1.29. The molecule has 0 aromatic carbocycles. The number of hydrogen-bond acceptors (Lipinski definition) is 4. The van der Waals surface area contributed by atoms with E-state index >= 15 is 0 Å². The second-order valence-corrected chi connectivity index (χ2v) is 8.49. The minimum atomic E-state index is -0.143. The lowest BCUT2D eigenvalue weighted by atomic mass is 9.83. The molecular weight excluding hydrogens is 342 g/mol. The summed E-state index contributed by atoms with van der Waals surface area (Å²) in [5.74, 6) is 1.48. The van der Waals surface area contributed by atoms with Crippen molar-refractivity contribution in [2.24, 2.45) is 11.8 Å². The van der Waals surface area contributed by atoms with E-state index in [1.54, 1.807) is 6.33 Å². The fourth-order valence-corrected chi connectivity index (χ4v) is 4.70. The number of carbonyl (C=O) groups is 2. The van der Waals surface area contributed by atoms with Crippen molar-refractivity contribution in [1.82, 2.24) is 25.0 Å². The van der Waals surface area contributed by atoms with Gasteiger partial charge in [0.25, 0.3) is 0 Å². The summed E-state index contributed by atoms with van der Waals surface area (Å²) in [6.07, 6.45) is 11.4. The monoisotopic (exact) mass is 373 g/mol. The highest BCUT2D eigenvalue weighted by Gasteiger charge is 2.34. The maximum atomic E-state index is 12.7. The molecule has 1 aromatic heterocycles. The number of carbonyl (C=O) groups excluding carboxylic acids is 2. The summed E-state index contributed by atoms with van der Waals surface area (Å²) < 4.78 is 2.15. The summed E-state index contributed by atoms with van der Waals surface area (Å²) in [6, 6.07) is 0.324. The number of nitrogens with zero attached hydrogens (tertiary/aromatic N) is 4. The summed E-state index contributed by atoms with van der Waals surface area (Å²) in [7, 11) is 0. The van der Waals surface area contributed by atoms with Crippen molar-refractivity contribution >= 4 is 11.8 Å². The Morgan fingerprint density at radius 3 is 2.37 bits per heavy atom. The van der Waals surface area contributed by atoms with Gasteiger partial charge in [-0.25, -0.2) is 0 Å². The highest BCUT2D eigenvalue weighted by atomic mass is 16.2. The van der Waals surface area contributed by atoms with Gasteiger partial charge in [-0.1, -0.05) is 19.3 Å².